The van der Waals surface area contributed by atoms with Crippen LogP contribution in [0.5, 0.6) is 5.75 Å². The quantitative estimate of drug-likeness (QED) is 0.422. The van der Waals surface area contributed by atoms with Crippen molar-refractivity contribution >= 4 is 34.8 Å². The lowest BCUT2D eigenvalue weighted by atomic mass is 9.75. The number of nitrogens with one attached hydrogen (secondary N) is 1. The Kier molecular flexibility index (Phi) is 4.20. The topological polar surface area (TPSA) is 122 Å². The summed E-state index contributed by atoms with van der Waals surface area (Å²) in [5.74, 6) is -2.32. The van der Waals surface area contributed by atoms with E-state index in [1.807, 2.05) is 4.90 Å². The number of hydrogen-bond acceptors (Lipinski definition) is 7. The first kappa shape index (κ1) is 20.8. The van der Waals surface area contributed by atoms with Gasteiger partial charge in [0.2, 0.25) is 17.7 Å². The van der Waals surface area contributed by atoms with Crippen molar-refractivity contribution in [2.45, 2.75) is 31.3 Å². The van der Waals surface area contributed by atoms with Gasteiger partial charge in [0.1, 0.15) is 11.3 Å². The third kappa shape index (κ3) is 2.30. The van der Waals surface area contributed by atoms with Gasteiger partial charge in [0.25, 0.3) is 5.69 Å². The number of amides is 3. The minimum Gasteiger partial charge on any atom is -0.497 e. The fraction of sp³-hybridized carbons (Fsp3) is 0.375. The van der Waals surface area contributed by atoms with Gasteiger partial charge in [-0.1, -0.05) is 6.07 Å². The fourth-order valence-corrected chi connectivity index (χ4v) is 6.60. The van der Waals surface area contributed by atoms with Crippen molar-refractivity contribution < 1.29 is 24.0 Å². The van der Waals surface area contributed by atoms with Gasteiger partial charge in [-0.15, -0.1) is 0 Å². The molecule has 4 atom stereocenters. The van der Waals surface area contributed by atoms with E-state index in [2.05, 4.69) is 5.32 Å². The monoisotopic (exact) mass is 462 g/mol. The normalized spacial score (nSPS) is 29.4. The standard InChI is InChI=1S/C24H22N4O6/c1-12-16(5-3-6-17(12)28(32)33)27-21(29)19-18-7-4-10-26(18)24(20(19)22(27)30)14-11-13(34-2)8-9-15(14)25-23(24)31/h3,5-6,8-9,11,18-20H,4,7,10H2,1-2H3,(H,25,31)/t18-,19+,20-,24+/m0/s1. The van der Waals surface area contributed by atoms with E-state index in [-0.39, 0.29) is 28.9 Å². The van der Waals surface area contributed by atoms with Crippen LogP contribution in [0.15, 0.2) is 36.4 Å². The molecule has 3 fully saturated rings. The highest BCUT2D eigenvalue weighted by Gasteiger charge is 2.74. The highest BCUT2D eigenvalue weighted by Crippen LogP contribution is 2.61. The van der Waals surface area contributed by atoms with Gasteiger partial charge in [0, 0.05) is 23.4 Å². The Labute approximate surface area is 194 Å². The number of hydrogen-bond donors (Lipinski definition) is 1. The molecule has 0 aromatic heterocycles. The van der Waals surface area contributed by atoms with E-state index < -0.39 is 34.1 Å². The first-order valence-electron chi connectivity index (χ1n) is 11.2. The van der Waals surface area contributed by atoms with Crippen molar-refractivity contribution in [3.05, 3.63) is 57.6 Å². The number of benzene rings is 2. The fourth-order valence-electron chi connectivity index (χ4n) is 6.60. The number of nitro groups is 1. The summed E-state index contributed by atoms with van der Waals surface area (Å²) >= 11 is 0. The molecule has 10 heteroatoms. The predicted octanol–water partition coefficient (Wildman–Crippen LogP) is 2.34. The SMILES string of the molecule is COc1ccc2c(c1)[C@]1(C(=O)N2)[C@@H]2C(=O)N(c3cccc([N+](=O)[O-])c3C)C(=O)[C@@H]2[C@@H]2CCCN21. The number of imide groups is 1. The lowest BCUT2D eigenvalue weighted by molar-refractivity contribution is -0.385. The lowest BCUT2D eigenvalue weighted by Crippen LogP contribution is -2.54. The van der Waals surface area contributed by atoms with E-state index >= 15 is 0 Å². The highest BCUT2D eigenvalue weighted by molar-refractivity contribution is 6.26. The molecule has 34 heavy (non-hydrogen) atoms. The molecule has 0 aliphatic carbocycles. The van der Waals surface area contributed by atoms with Crippen LogP contribution in [-0.4, -0.2) is 47.2 Å². The smallest absolute Gasteiger partial charge is 0.274 e. The second-order valence-electron chi connectivity index (χ2n) is 9.23. The second-order valence-corrected chi connectivity index (χ2v) is 9.23. The van der Waals surface area contributed by atoms with Gasteiger partial charge in [-0.3, -0.25) is 29.4 Å². The van der Waals surface area contributed by atoms with Gasteiger partial charge in [0.05, 0.1) is 35.1 Å². The summed E-state index contributed by atoms with van der Waals surface area (Å²) < 4.78 is 5.41. The summed E-state index contributed by atoms with van der Waals surface area (Å²) in [4.78, 5) is 55.6. The van der Waals surface area contributed by atoms with E-state index in [0.717, 1.165) is 11.3 Å². The van der Waals surface area contributed by atoms with Crippen LogP contribution >= 0.6 is 0 Å². The minimum absolute atomic E-state index is 0.166. The van der Waals surface area contributed by atoms with Gasteiger partial charge in [-0.05, 0) is 50.6 Å². The summed E-state index contributed by atoms with van der Waals surface area (Å²) in [6.07, 6.45) is 1.50. The Bertz CT molecular complexity index is 1310. The molecule has 10 nitrogen and oxygen atoms in total. The van der Waals surface area contributed by atoms with E-state index in [9.17, 15) is 24.5 Å². The van der Waals surface area contributed by atoms with Crippen molar-refractivity contribution in [3.63, 3.8) is 0 Å². The van der Waals surface area contributed by atoms with E-state index in [4.69, 9.17) is 4.74 Å². The number of fused-ring (bicyclic) bond motifs is 7. The van der Waals surface area contributed by atoms with Gasteiger partial charge in [-0.2, -0.15) is 0 Å². The van der Waals surface area contributed by atoms with Crippen LogP contribution in [0.4, 0.5) is 17.1 Å². The number of methoxy groups -OCH3 is 1. The molecule has 4 heterocycles. The highest BCUT2D eigenvalue weighted by atomic mass is 16.6. The van der Waals surface area contributed by atoms with Crippen LogP contribution in [-0.2, 0) is 19.9 Å². The van der Waals surface area contributed by atoms with Gasteiger partial charge < -0.3 is 10.1 Å². The van der Waals surface area contributed by atoms with Crippen LogP contribution in [0, 0.1) is 28.9 Å². The van der Waals surface area contributed by atoms with Crippen LogP contribution in [0.2, 0.25) is 0 Å². The zero-order chi connectivity index (χ0) is 23.9. The van der Waals surface area contributed by atoms with E-state index in [1.165, 1.54) is 26.2 Å². The average Bonchev–Trinajstić information content (AvgIpc) is 3.52. The molecular weight excluding hydrogens is 440 g/mol. The Balaban J connectivity index is 1.55. The summed E-state index contributed by atoms with van der Waals surface area (Å²) in [5, 5.41) is 14.4. The molecule has 2 aromatic rings. The van der Waals surface area contributed by atoms with Crippen LogP contribution < -0.4 is 15.0 Å². The number of carbonyl (C=O) groups is 3. The molecule has 0 radical (unpaired) electrons. The number of nitrogens with zero attached hydrogens (tertiary/aromatic N) is 3. The van der Waals surface area contributed by atoms with Crippen LogP contribution in [0.25, 0.3) is 0 Å². The van der Waals surface area contributed by atoms with Crippen molar-refractivity contribution in [1.29, 1.82) is 0 Å². The molecule has 0 unspecified atom stereocenters. The summed E-state index contributed by atoms with van der Waals surface area (Å²) in [5.41, 5.74) is 0.177. The maximum Gasteiger partial charge on any atom is 0.274 e. The minimum atomic E-state index is -1.33. The molecule has 3 amide bonds. The number of rotatable bonds is 3. The molecule has 4 aliphatic heterocycles. The number of anilines is 2. The molecular formula is C24H22N4O6. The predicted molar refractivity (Wildman–Crippen MR) is 120 cm³/mol. The van der Waals surface area contributed by atoms with Crippen molar-refractivity contribution in [3.8, 4) is 5.75 Å². The molecule has 174 valence electrons. The Hall–Kier alpha value is -3.79. The Morgan fingerprint density at radius 1 is 1.18 bits per heavy atom. The summed E-state index contributed by atoms with van der Waals surface area (Å²) in [6.45, 7) is 2.13. The first-order valence-corrected chi connectivity index (χ1v) is 11.2. The molecule has 1 spiro atoms. The average molecular weight is 462 g/mol. The maximum atomic E-state index is 14.0. The van der Waals surface area contributed by atoms with Crippen LogP contribution in [0.3, 0.4) is 0 Å². The Morgan fingerprint density at radius 3 is 2.71 bits per heavy atom. The Morgan fingerprint density at radius 2 is 1.97 bits per heavy atom. The lowest BCUT2D eigenvalue weighted by Gasteiger charge is -2.36. The third-order valence-electron chi connectivity index (χ3n) is 7.91. The third-order valence-corrected chi connectivity index (χ3v) is 7.91. The van der Waals surface area contributed by atoms with Crippen molar-refractivity contribution in [2.75, 3.05) is 23.9 Å². The van der Waals surface area contributed by atoms with Gasteiger partial charge >= 0.3 is 0 Å². The van der Waals surface area contributed by atoms with Crippen LogP contribution in [0.1, 0.15) is 24.0 Å². The number of ether oxygens (including phenoxy) is 1. The summed E-state index contributed by atoms with van der Waals surface area (Å²) in [7, 11) is 1.53. The molecule has 6 rings (SSSR count). The molecule has 1 N–H and O–H groups in total. The van der Waals surface area contributed by atoms with Gasteiger partial charge in [0.15, 0.2) is 0 Å². The van der Waals surface area contributed by atoms with Crippen molar-refractivity contribution in [2.24, 2.45) is 11.8 Å². The maximum absolute atomic E-state index is 14.0. The second kappa shape index (κ2) is 6.86. The van der Waals surface area contributed by atoms with Crippen molar-refractivity contribution in [1.82, 2.24) is 4.90 Å². The molecule has 3 saturated heterocycles. The first-order chi connectivity index (χ1) is 16.3. The molecule has 0 bridgehead atoms. The zero-order valence-corrected chi connectivity index (χ0v) is 18.6. The van der Waals surface area contributed by atoms with E-state index in [0.29, 0.717) is 30.0 Å². The molecule has 0 saturated carbocycles. The molecule has 2 aromatic carbocycles. The number of carbonyl (C=O) groups excluding carboxylic acids is 3. The number of nitro benzene ring substituents is 1. The van der Waals surface area contributed by atoms with E-state index in [1.54, 1.807) is 24.3 Å². The largest absolute Gasteiger partial charge is 0.497 e. The van der Waals surface area contributed by atoms with Gasteiger partial charge in [-0.25, -0.2) is 4.90 Å². The molecule has 4 aliphatic rings. The summed E-state index contributed by atoms with van der Waals surface area (Å²) in [6, 6.07) is 9.35. The zero-order valence-electron chi connectivity index (χ0n) is 18.6.